The van der Waals surface area contributed by atoms with Crippen LogP contribution in [0.3, 0.4) is 0 Å². The summed E-state index contributed by atoms with van der Waals surface area (Å²) in [6, 6.07) is 14.3. The van der Waals surface area contributed by atoms with Crippen LogP contribution in [0.4, 0.5) is 10.1 Å². The Kier molecular flexibility index (Phi) is 6.29. The molecule has 1 N–H and O–H groups in total. The summed E-state index contributed by atoms with van der Waals surface area (Å²) in [7, 11) is 0. The summed E-state index contributed by atoms with van der Waals surface area (Å²) in [6.07, 6.45) is 0.155. The Morgan fingerprint density at radius 1 is 1.17 bits per heavy atom. The lowest BCUT2D eigenvalue weighted by atomic mass is 10.1. The van der Waals surface area contributed by atoms with Crippen LogP contribution in [0.15, 0.2) is 53.9 Å². The van der Waals surface area contributed by atoms with Gasteiger partial charge in [-0.25, -0.2) is 9.37 Å². The minimum Gasteiger partial charge on any atom is -0.379 e. The van der Waals surface area contributed by atoms with E-state index in [0.29, 0.717) is 11.4 Å². The van der Waals surface area contributed by atoms with Crippen molar-refractivity contribution in [2.75, 3.05) is 31.6 Å². The number of amides is 1. The summed E-state index contributed by atoms with van der Waals surface area (Å²) in [5.41, 5.74) is 3.46. The van der Waals surface area contributed by atoms with Crippen LogP contribution < -0.4 is 5.32 Å². The molecule has 4 rings (SSSR count). The molecular formula is C22H22FN3O2S. The topological polar surface area (TPSA) is 54.5 Å². The Morgan fingerprint density at radius 2 is 1.97 bits per heavy atom. The molecule has 29 heavy (non-hydrogen) atoms. The molecule has 0 saturated carbocycles. The van der Waals surface area contributed by atoms with Gasteiger partial charge in [-0.1, -0.05) is 30.3 Å². The zero-order valence-corrected chi connectivity index (χ0v) is 16.8. The van der Waals surface area contributed by atoms with E-state index < -0.39 is 0 Å². The van der Waals surface area contributed by atoms with Crippen molar-refractivity contribution >= 4 is 22.9 Å². The minimum absolute atomic E-state index is 0.155. The summed E-state index contributed by atoms with van der Waals surface area (Å²) in [5.74, 6) is -0.593. The minimum atomic E-state index is -0.379. The number of morpholine rings is 1. The molecule has 150 valence electrons. The molecule has 2 aromatic carbocycles. The van der Waals surface area contributed by atoms with E-state index in [4.69, 9.17) is 4.74 Å². The molecule has 0 unspecified atom stereocenters. The first-order valence-electron chi connectivity index (χ1n) is 9.55. The quantitative estimate of drug-likeness (QED) is 0.667. The van der Waals surface area contributed by atoms with Gasteiger partial charge in [0.25, 0.3) is 0 Å². The number of aromatic nitrogens is 1. The Bertz CT molecular complexity index is 968. The number of hydrogen-bond acceptors (Lipinski definition) is 5. The summed E-state index contributed by atoms with van der Waals surface area (Å²) < 4.78 is 18.6. The van der Waals surface area contributed by atoms with Gasteiger partial charge in [0.05, 0.1) is 25.3 Å². The third-order valence-corrected chi connectivity index (χ3v) is 5.65. The van der Waals surface area contributed by atoms with Crippen LogP contribution in [-0.2, 0) is 22.5 Å². The van der Waals surface area contributed by atoms with E-state index in [1.165, 1.54) is 29.0 Å². The molecule has 1 amide bonds. The van der Waals surface area contributed by atoms with Gasteiger partial charge in [-0.3, -0.25) is 9.69 Å². The van der Waals surface area contributed by atoms with E-state index in [9.17, 15) is 9.18 Å². The van der Waals surface area contributed by atoms with Crippen LogP contribution in [0, 0.1) is 5.82 Å². The largest absolute Gasteiger partial charge is 0.379 e. The fourth-order valence-corrected chi connectivity index (χ4v) is 4.05. The lowest BCUT2D eigenvalue weighted by Gasteiger charge is -2.26. The van der Waals surface area contributed by atoms with Gasteiger partial charge < -0.3 is 10.1 Å². The average molecular weight is 412 g/mol. The van der Waals surface area contributed by atoms with Crippen molar-refractivity contribution in [2.24, 2.45) is 0 Å². The number of nitrogens with zero attached hydrogens (tertiary/aromatic N) is 2. The molecule has 1 fully saturated rings. The highest BCUT2D eigenvalue weighted by molar-refractivity contribution is 7.13. The Hall–Kier alpha value is -2.61. The molecule has 0 aliphatic carbocycles. The number of halogens is 1. The second-order valence-electron chi connectivity index (χ2n) is 6.96. The Labute approximate surface area is 173 Å². The number of hydrogen-bond donors (Lipinski definition) is 1. The van der Waals surface area contributed by atoms with Gasteiger partial charge in [0.1, 0.15) is 10.8 Å². The van der Waals surface area contributed by atoms with E-state index in [1.807, 2.05) is 5.38 Å². The number of benzene rings is 2. The van der Waals surface area contributed by atoms with E-state index >= 15 is 0 Å². The Morgan fingerprint density at radius 3 is 2.72 bits per heavy atom. The van der Waals surface area contributed by atoms with Crippen molar-refractivity contribution in [3.05, 3.63) is 71.0 Å². The molecule has 3 aromatic rings. The zero-order valence-electron chi connectivity index (χ0n) is 15.9. The molecule has 0 atom stereocenters. The lowest BCUT2D eigenvalue weighted by molar-refractivity contribution is -0.115. The highest BCUT2D eigenvalue weighted by atomic mass is 32.1. The SMILES string of the molecule is O=C(Cc1csc(-c2ccc(CN3CCOCC3)cc2)n1)Nc1cccc(F)c1. The van der Waals surface area contributed by atoms with Gasteiger partial charge in [-0.2, -0.15) is 0 Å². The number of thiazole rings is 1. The zero-order chi connectivity index (χ0) is 20.1. The molecule has 0 spiro atoms. The molecule has 5 nitrogen and oxygen atoms in total. The first-order valence-corrected chi connectivity index (χ1v) is 10.4. The van der Waals surface area contributed by atoms with Crippen LogP contribution in [0.25, 0.3) is 10.6 Å². The van der Waals surface area contributed by atoms with E-state index in [2.05, 4.69) is 39.5 Å². The van der Waals surface area contributed by atoms with E-state index in [-0.39, 0.29) is 18.1 Å². The van der Waals surface area contributed by atoms with Crippen molar-refractivity contribution in [2.45, 2.75) is 13.0 Å². The van der Waals surface area contributed by atoms with E-state index in [0.717, 1.165) is 43.4 Å². The van der Waals surface area contributed by atoms with Gasteiger partial charge in [0.15, 0.2) is 0 Å². The van der Waals surface area contributed by atoms with Gasteiger partial charge in [0, 0.05) is 36.3 Å². The first kappa shape index (κ1) is 19.7. The summed E-state index contributed by atoms with van der Waals surface area (Å²) in [6.45, 7) is 4.46. The fraction of sp³-hybridized carbons (Fsp3) is 0.273. The molecular weight excluding hydrogens is 389 g/mol. The van der Waals surface area contributed by atoms with Crippen LogP contribution in [-0.4, -0.2) is 42.1 Å². The lowest BCUT2D eigenvalue weighted by Crippen LogP contribution is -2.35. The maximum Gasteiger partial charge on any atom is 0.230 e. The van der Waals surface area contributed by atoms with Crippen molar-refractivity contribution in [1.29, 1.82) is 0 Å². The predicted molar refractivity (Wildman–Crippen MR) is 112 cm³/mol. The van der Waals surface area contributed by atoms with Crippen molar-refractivity contribution < 1.29 is 13.9 Å². The van der Waals surface area contributed by atoms with E-state index in [1.54, 1.807) is 12.1 Å². The molecule has 0 bridgehead atoms. The van der Waals surface area contributed by atoms with Crippen molar-refractivity contribution in [3.8, 4) is 10.6 Å². The van der Waals surface area contributed by atoms with Crippen LogP contribution in [0.5, 0.6) is 0 Å². The first-order chi connectivity index (χ1) is 14.2. The molecule has 1 aliphatic rings. The van der Waals surface area contributed by atoms with Crippen molar-refractivity contribution in [1.82, 2.24) is 9.88 Å². The average Bonchev–Trinajstić information content (AvgIpc) is 3.17. The third kappa shape index (κ3) is 5.47. The van der Waals surface area contributed by atoms with Crippen LogP contribution in [0.2, 0.25) is 0 Å². The highest BCUT2D eigenvalue weighted by Crippen LogP contribution is 2.25. The van der Waals surface area contributed by atoms with Crippen LogP contribution in [0.1, 0.15) is 11.3 Å². The standard InChI is InChI=1S/C22H22FN3O2S/c23-18-2-1-3-19(12-18)24-21(27)13-20-15-29-22(25-20)17-6-4-16(5-7-17)14-26-8-10-28-11-9-26/h1-7,12,15H,8-11,13-14H2,(H,24,27). The number of carbonyl (C=O) groups is 1. The van der Waals surface area contributed by atoms with Gasteiger partial charge in [-0.05, 0) is 23.8 Å². The summed E-state index contributed by atoms with van der Waals surface area (Å²) in [4.78, 5) is 19.2. The maximum absolute atomic E-state index is 13.2. The number of anilines is 1. The third-order valence-electron chi connectivity index (χ3n) is 4.71. The number of ether oxygens (including phenoxy) is 1. The highest BCUT2D eigenvalue weighted by Gasteiger charge is 2.12. The van der Waals surface area contributed by atoms with Gasteiger partial charge >= 0.3 is 0 Å². The Balaban J connectivity index is 1.35. The second-order valence-corrected chi connectivity index (χ2v) is 7.82. The molecule has 1 aromatic heterocycles. The molecule has 2 heterocycles. The van der Waals surface area contributed by atoms with Crippen molar-refractivity contribution in [3.63, 3.8) is 0 Å². The number of carbonyl (C=O) groups excluding carboxylic acids is 1. The maximum atomic E-state index is 13.2. The molecule has 0 radical (unpaired) electrons. The smallest absolute Gasteiger partial charge is 0.230 e. The monoisotopic (exact) mass is 411 g/mol. The number of nitrogens with one attached hydrogen (secondary N) is 1. The predicted octanol–water partition coefficient (Wildman–Crippen LogP) is 3.96. The molecule has 1 saturated heterocycles. The second kappa shape index (κ2) is 9.26. The fourth-order valence-electron chi connectivity index (χ4n) is 3.23. The van der Waals surface area contributed by atoms with Crippen LogP contribution >= 0.6 is 11.3 Å². The molecule has 1 aliphatic heterocycles. The summed E-state index contributed by atoms with van der Waals surface area (Å²) in [5, 5.41) is 5.48. The molecule has 7 heteroatoms. The number of rotatable bonds is 6. The van der Waals surface area contributed by atoms with Gasteiger partial charge in [0.2, 0.25) is 5.91 Å². The normalized spacial score (nSPS) is 14.7. The summed E-state index contributed by atoms with van der Waals surface area (Å²) >= 11 is 1.52. The van der Waals surface area contributed by atoms with Gasteiger partial charge in [-0.15, -0.1) is 11.3 Å².